The fourth-order valence-corrected chi connectivity index (χ4v) is 1.62. The maximum Gasteiger partial charge on any atom is 0.134 e. The van der Waals surface area contributed by atoms with Crippen molar-refractivity contribution in [3.63, 3.8) is 0 Å². The largest absolute Gasteiger partial charge is 0.461 e. The summed E-state index contributed by atoms with van der Waals surface area (Å²) in [5.41, 5.74) is 2.24. The molecule has 0 aliphatic carbocycles. The lowest BCUT2D eigenvalue weighted by atomic mass is 10.1. The predicted octanol–water partition coefficient (Wildman–Crippen LogP) is 2.88. The molecule has 0 bridgehead atoms. The minimum absolute atomic E-state index is 0. The summed E-state index contributed by atoms with van der Waals surface area (Å²) in [7, 11) is 1.95. The Morgan fingerprint density at radius 3 is 2.71 bits per heavy atom. The second kappa shape index (κ2) is 4.49. The number of nitrogens with one attached hydrogen (secondary N) is 1. The summed E-state index contributed by atoms with van der Waals surface area (Å²) < 4.78 is 5.61. The molecule has 0 saturated carbocycles. The van der Waals surface area contributed by atoms with Gasteiger partial charge in [-0.3, -0.25) is 0 Å². The average molecular weight is 212 g/mol. The van der Waals surface area contributed by atoms with Crippen molar-refractivity contribution in [1.29, 1.82) is 0 Å². The van der Waals surface area contributed by atoms with E-state index in [0.29, 0.717) is 0 Å². The van der Waals surface area contributed by atoms with Crippen molar-refractivity contribution in [3.8, 4) is 0 Å². The van der Waals surface area contributed by atoms with Gasteiger partial charge in [0, 0.05) is 17.5 Å². The maximum atomic E-state index is 5.61. The number of para-hydroxylation sites is 1. The van der Waals surface area contributed by atoms with E-state index in [-0.39, 0.29) is 12.4 Å². The molecule has 0 radical (unpaired) electrons. The molecule has 1 aromatic heterocycles. The summed E-state index contributed by atoms with van der Waals surface area (Å²) in [4.78, 5) is 0. The first-order valence-electron chi connectivity index (χ1n) is 4.44. The third kappa shape index (κ3) is 1.76. The van der Waals surface area contributed by atoms with Crippen LogP contribution >= 0.6 is 12.4 Å². The second-order valence-electron chi connectivity index (χ2n) is 3.16. The number of aryl methyl sites for hydroxylation is 1. The van der Waals surface area contributed by atoms with Crippen LogP contribution in [-0.2, 0) is 6.54 Å². The quantitative estimate of drug-likeness (QED) is 0.827. The first-order valence-corrected chi connectivity index (χ1v) is 4.44. The number of furan rings is 1. The SMILES string of the molecule is CNCc1c(C)oc2ccccc12.Cl. The van der Waals surface area contributed by atoms with Gasteiger partial charge in [-0.1, -0.05) is 18.2 Å². The van der Waals surface area contributed by atoms with Crippen LogP contribution in [0.1, 0.15) is 11.3 Å². The number of benzene rings is 1. The normalized spacial score (nSPS) is 10.1. The smallest absolute Gasteiger partial charge is 0.134 e. The average Bonchev–Trinajstić information content (AvgIpc) is 2.44. The number of halogens is 1. The molecule has 2 aromatic rings. The summed E-state index contributed by atoms with van der Waals surface area (Å²) in [5, 5.41) is 4.36. The Bertz CT molecular complexity index is 422. The molecule has 3 heteroatoms. The first-order chi connectivity index (χ1) is 6.33. The third-order valence-electron chi connectivity index (χ3n) is 2.25. The van der Waals surface area contributed by atoms with Crippen LogP contribution in [-0.4, -0.2) is 7.05 Å². The van der Waals surface area contributed by atoms with Gasteiger partial charge in [-0.05, 0) is 20.0 Å². The number of fused-ring (bicyclic) bond motifs is 1. The van der Waals surface area contributed by atoms with Gasteiger partial charge in [0.1, 0.15) is 11.3 Å². The maximum absolute atomic E-state index is 5.61. The molecule has 0 unspecified atom stereocenters. The molecule has 14 heavy (non-hydrogen) atoms. The minimum atomic E-state index is 0. The van der Waals surface area contributed by atoms with E-state index in [9.17, 15) is 0 Å². The van der Waals surface area contributed by atoms with E-state index in [0.717, 1.165) is 17.9 Å². The molecule has 0 spiro atoms. The molecule has 0 saturated heterocycles. The summed E-state index contributed by atoms with van der Waals surface area (Å²) in [6.45, 7) is 2.87. The van der Waals surface area contributed by atoms with E-state index in [2.05, 4.69) is 11.4 Å². The number of hydrogen-bond donors (Lipinski definition) is 1. The zero-order valence-corrected chi connectivity index (χ0v) is 9.15. The molecule has 0 aliphatic rings. The lowest BCUT2D eigenvalue weighted by Gasteiger charge is -1.96. The van der Waals surface area contributed by atoms with Crippen molar-refractivity contribution in [3.05, 3.63) is 35.6 Å². The van der Waals surface area contributed by atoms with E-state index in [1.807, 2.05) is 32.2 Å². The second-order valence-corrected chi connectivity index (χ2v) is 3.16. The minimum Gasteiger partial charge on any atom is -0.461 e. The van der Waals surface area contributed by atoms with Crippen molar-refractivity contribution in [2.24, 2.45) is 0 Å². The van der Waals surface area contributed by atoms with Crippen molar-refractivity contribution in [1.82, 2.24) is 5.32 Å². The van der Waals surface area contributed by atoms with Gasteiger partial charge in [-0.25, -0.2) is 0 Å². The molecule has 0 atom stereocenters. The van der Waals surface area contributed by atoms with Crippen molar-refractivity contribution in [2.75, 3.05) is 7.05 Å². The highest BCUT2D eigenvalue weighted by atomic mass is 35.5. The van der Waals surface area contributed by atoms with Crippen LogP contribution in [0.5, 0.6) is 0 Å². The van der Waals surface area contributed by atoms with Crippen LogP contribution in [0, 0.1) is 6.92 Å². The summed E-state index contributed by atoms with van der Waals surface area (Å²) >= 11 is 0. The van der Waals surface area contributed by atoms with Crippen LogP contribution in [0.2, 0.25) is 0 Å². The van der Waals surface area contributed by atoms with Crippen LogP contribution in [0.15, 0.2) is 28.7 Å². The summed E-state index contributed by atoms with van der Waals surface area (Å²) in [6, 6.07) is 8.13. The Morgan fingerprint density at radius 2 is 2.00 bits per heavy atom. The highest BCUT2D eigenvalue weighted by Gasteiger charge is 2.08. The van der Waals surface area contributed by atoms with Gasteiger partial charge < -0.3 is 9.73 Å². The van der Waals surface area contributed by atoms with Gasteiger partial charge in [-0.15, -0.1) is 12.4 Å². The molecule has 0 aliphatic heterocycles. The molecule has 1 aromatic carbocycles. The van der Waals surface area contributed by atoms with E-state index in [1.54, 1.807) is 0 Å². The van der Waals surface area contributed by atoms with Crippen molar-refractivity contribution in [2.45, 2.75) is 13.5 Å². The van der Waals surface area contributed by atoms with Gasteiger partial charge in [0.15, 0.2) is 0 Å². The zero-order chi connectivity index (χ0) is 9.26. The van der Waals surface area contributed by atoms with E-state index in [1.165, 1.54) is 10.9 Å². The number of rotatable bonds is 2. The molecular formula is C11H14ClNO. The van der Waals surface area contributed by atoms with Crippen LogP contribution in [0.25, 0.3) is 11.0 Å². The molecule has 1 heterocycles. The molecule has 2 nitrogen and oxygen atoms in total. The van der Waals surface area contributed by atoms with Gasteiger partial charge in [-0.2, -0.15) is 0 Å². The fraction of sp³-hybridized carbons (Fsp3) is 0.273. The van der Waals surface area contributed by atoms with Crippen molar-refractivity contribution >= 4 is 23.4 Å². The molecule has 1 N–H and O–H groups in total. The third-order valence-corrected chi connectivity index (χ3v) is 2.25. The molecule has 2 rings (SSSR count). The molecular weight excluding hydrogens is 198 g/mol. The van der Waals surface area contributed by atoms with E-state index in [4.69, 9.17) is 4.42 Å². The highest BCUT2D eigenvalue weighted by Crippen LogP contribution is 2.24. The van der Waals surface area contributed by atoms with E-state index < -0.39 is 0 Å². The van der Waals surface area contributed by atoms with Gasteiger partial charge in [0.2, 0.25) is 0 Å². The van der Waals surface area contributed by atoms with Crippen LogP contribution in [0.3, 0.4) is 0 Å². The van der Waals surface area contributed by atoms with E-state index >= 15 is 0 Å². The highest BCUT2D eigenvalue weighted by molar-refractivity contribution is 5.85. The van der Waals surface area contributed by atoms with Crippen molar-refractivity contribution < 1.29 is 4.42 Å². The Hall–Kier alpha value is -0.990. The fourth-order valence-electron chi connectivity index (χ4n) is 1.62. The van der Waals surface area contributed by atoms with Crippen LogP contribution in [0.4, 0.5) is 0 Å². The monoisotopic (exact) mass is 211 g/mol. The Morgan fingerprint density at radius 1 is 1.29 bits per heavy atom. The lowest BCUT2D eigenvalue weighted by molar-refractivity contribution is 0.569. The zero-order valence-electron chi connectivity index (χ0n) is 8.33. The van der Waals surface area contributed by atoms with Gasteiger partial charge >= 0.3 is 0 Å². The van der Waals surface area contributed by atoms with Gasteiger partial charge in [0.05, 0.1) is 0 Å². The Labute approximate surface area is 89.7 Å². The predicted molar refractivity (Wildman–Crippen MR) is 61.0 cm³/mol. The summed E-state index contributed by atoms with van der Waals surface area (Å²) in [5.74, 6) is 1.01. The number of hydrogen-bond acceptors (Lipinski definition) is 2. The van der Waals surface area contributed by atoms with Gasteiger partial charge in [0.25, 0.3) is 0 Å². The Balaban J connectivity index is 0.000000980. The first kappa shape index (κ1) is 11.1. The summed E-state index contributed by atoms with van der Waals surface area (Å²) in [6.07, 6.45) is 0. The molecule has 76 valence electrons. The lowest BCUT2D eigenvalue weighted by Crippen LogP contribution is -2.05. The standard InChI is InChI=1S/C11H13NO.ClH/c1-8-10(7-12-2)9-5-3-4-6-11(9)13-8;/h3-6,12H,7H2,1-2H3;1H. The molecule has 0 fully saturated rings. The van der Waals surface area contributed by atoms with Crippen LogP contribution < -0.4 is 5.32 Å². The Kier molecular flexibility index (Phi) is 3.55. The topological polar surface area (TPSA) is 25.2 Å². The molecule has 0 amide bonds.